The summed E-state index contributed by atoms with van der Waals surface area (Å²) < 4.78 is 5.20. The van der Waals surface area contributed by atoms with E-state index in [1.807, 2.05) is 36.4 Å². The monoisotopic (exact) mass is 363 g/mol. The van der Waals surface area contributed by atoms with Crippen molar-refractivity contribution in [3.8, 4) is 0 Å². The number of benzene rings is 2. The molecule has 0 radical (unpaired) electrons. The molecule has 2 aromatic carbocycles. The maximum Gasteiger partial charge on any atom is 0.360 e. The standard InChI is InChI=1S/C20H17N3O4/c24-18(21-16-12-14-6-4-5-9-17(14)27-19(16)25)13-22-10-11-23(20(22)26)15-7-2-1-3-8-15/h1-9,12H,10-11,13H2,(H,21,24). The highest BCUT2D eigenvalue weighted by Crippen LogP contribution is 2.20. The van der Waals surface area contributed by atoms with Crippen molar-refractivity contribution in [1.82, 2.24) is 4.90 Å². The molecule has 7 heteroatoms. The topological polar surface area (TPSA) is 82.9 Å². The molecule has 0 atom stereocenters. The fraction of sp³-hybridized carbons (Fsp3) is 0.150. The minimum absolute atomic E-state index is 0.0604. The predicted octanol–water partition coefficient (Wildman–Crippen LogP) is 2.67. The lowest BCUT2D eigenvalue weighted by atomic mass is 10.2. The molecule has 1 aromatic heterocycles. The number of anilines is 2. The first kappa shape index (κ1) is 16.8. The van der Waals surface area contributed by atoms with E-state index in [1.165, 1.54) is 4.90 Å². The fourth-order valence-electron chi connectivity index (χ4n) is 3.09. The Labute approximate surface area is 154 Å². The van der Waals surface area contributed by atoms with Gasteiger partial charge in [-0.3, -0.25) is 9.69 Å². The number of urea groups is 1. The predicted molar refractivity (Wildman–Crippen MR) is 102 cm³/mol. The molecule has 7 nitrogen and oxygen atoms in total. The smallest absolute Gasteiger partial charge is 0.360 e. The number of nitrogens with one attached hydrogen (secondary N) is 1. The maximum absolute atomic E-state index is 12.5. The van der Waals surface area contributed by atoms with Crippen LogP contribution in [0.1, 0.15) is 0 Å². The molecule has 0 saturated carbocycles. The van der Waals surface area contributed by atoms with Crippen molar-refractivity contribution in [2.45, 2.75) is 0 Å². The second kappa shape index (κ2) is 6.95. The van der Waals surface area contributed by atoms with E-state index in [1.54, 1.807) is 29.2 Å². The van der Waals surface area contributed by atoms with Crippen LogP contribution in [0.5, 0.6) is 0 Å². The van der Waals surface area contributed by atoms with Crippen molar-refractivity contribution >= 4 is 34.3 Å². The fourth-order valence-corrected chi connectivity index (χ4v) is 3.09. The molecule has 0 aliphatic carbocycles. The third-order valence-electron chi connectivity index (χ3n) is 4.41. The van der Waals surface area contributed by atoms with Gasteiger partial charge in [-0.25, -0.2) is 9.59 Å². The van der Waals surface area contributed by atoms with Crippen molar-refractivity contribution < 1.29 is 14.0 Å². The summed E-state index contributed by atoms with van der Waals surface area (Å²) in [6.07, 6.45) is 0. The second-order valence-electron chi connectivity index (χ2n) is 6.22. The van der Waals surface area contributed by atoms with E-state index in [-0.39, 0.29) is 18.3 Å². The third-order valence-corrected chi connectivity index (χ3v) is 4.41. The Bertz CT molecular complexity index is 1060. The van der Waals surface area contributed by atoms with Gasteiger partial charge in [0.2, 0.25) is 5.91 Å². The zero-order chi connectivity index (χ0) is 18.8. The lowest BCUT2D eigenvalue weighted by Gasteiger charge is -2.18. The molecule has 2 heterocycles. The molecule has 4 rings (SSSR count). The van der Waals surface area contributed by atoms with Crippen LogP contribution in [0, 0.1) is 0 Å². The van der Waals surface area contributed by atoms with Gasteiger partial charge in [-0.15, -0.1) is 0 Å². The van der Waals surface area contributed by atoms with Crippen molar-refractivity contribution in [3.05, 3.63) is 71.1 Å². The van der Waals surface area contributed by atoms with Gasteiger partial charge in [0.1, 0.15) is 17.8 Å². The van der Waals surface area contributed by atoms with Crippen LogP contribution in [-0.4, -0.2) is 36.5 Å². The van der Waals surface area contributed by atoms with E-state index in [0.717, 1.165) is 5.69 Å². The van der Waals surface area contributed by atoms with Crippen molar-refractivity contribution in [3.63, 3.8) is 0 Å². The average Bonchev–Trinajstić information content (AvgIpc) is 3.03. The van der Waals surface area contributed by atoms with Crippen LogP contribution < -0.4 is 15.8 Å². The molecule has 136 valence electrons. The first-order valence-corrected chi connectivity index (χ1v) is 8.56. The number of fused-ring (bicyclic) bond motifs is 1. The van der Waals surface area contributed by atoms with Gasteiger partial charge in [-0.05, 0) is 24.3 Å². The maximum atomic E-state index is 12.5. The molecule has 1 saturated heterocycles. The minimum Gasteiger partial charge on any atom is -0.421 e. The van der Waals surface area contributed by atoms with E-state index >= 15 is 0 Å². The Morgan fingerprint density at radius 3 is 2.56 bits per heavy atom. The number of hydrogen-bond donors (Lipinski definition) is 1. The SMILES string of the molecule is O=C(CN1CCN(c2ccccc2)C1=O)Nc1cc2ccccc2oc1=O. The Morgan fingerprint density at radius 2 is 1.74 bits per heavy atom. The molecular weight excluding hydrogens is 346 g/mol. The molecule has 3 aromatic rings. The Morgan fingerprint density at radius 1 is 1.00 bits per heavy atom. The summed E-state index contributed by atoms with van der Waals surface area (Å²) in [7, 11) is 0. The van der Waals surface area contributed by atoms with Crippen LogP contribution in [-0.2, 0) is 4.79 Å². The number of hydrogen-bond acceptors (Lipinski definition) is 4. The molecule has 1 aliphatic heterocycles. The summed E-state index contributed by atoms with van der Waals surface area (Å²) >= 11 is 0. The Hall–Kier alpha value is -3.61. The van der Waals surface area contributed by atoms with Gasteiger partial charge in [0, 0.05) is 24.2 Å². The largest absolute Gasteiger partial charge is 0.421 e. The van der Waals surface area contributed by atoms with E-state index < -0.39 is 11.5 Å². The van der Waals surface area contributed by atoms with E-state index in [9.17, 15) is 14.4 Å². The van der Waals surface area contributed by atoms with Gasteiger partial charge in [-0.1, -0.05) is 36.4 Å². The van der Waals surface area contributed by atoms with E-state index in [4.69, 9.17) is 4.42 Å². The molecule has 0 spiro atoms. The highest BCUT2D eigenvalue weighted by molar-refractivity contribution is 5.99. The molecule has 1 aliphatic rings. The van der Waals surface area contributed by atoms with Crippen molar-refractivity contribution in [2.75, 3.05) is 29.9 Å². The molecule has 1 N–H and O–H groups in total. The Kier molecular flexibility index (Phi) is 4.33. The molecule has 27 heavy (non-hydrogen) atoms. The van der Waals surface area contributed by atoms with Gasteiger partial charge >= 0.3 is 11.7 Å². The zero-order valence-electron chi connectivity index (χ0n) is 14.4. The summed E-state index contributed by atoms with van der Waals surface area (Å²) in [5.41, 5.74) is 0.681. The molecule has 3 amide bonds. The van der Waals surface area contributed by atoms with Gasteiger partial charge < -0.3 is 14.6 Å². The van der Waals surface area contributed by atoms with Crippen LogP contribution in [0.15, 0.2) is 69.9 Å². The highest BCUT2D eigenvalue weighted by Gasteiger charge is 2.30. The van der Waals surface area contributed by atoms with E-state index in [0.29, 0.717) is 24.1 Å². The molecule has 1 fully saturated rings. The summed E-state index contributed by atoms with van der Waals surface area (Å²) in [5, 5.41) is 3.26. The quantitative estimate of drug-likeness (QED) is 0.723. The normalized spacial score (nSPS) is 14.0. The van der Waals surface area contributed by atoms with Crippen LogP contribution in [0.2, 0.25) is 0 Å². The van der Waals surface area contributed by atoms with Crippen molar-refractivity contribution in [1.29, 1.82) is 0 Å². The number of rotatable bonds is 4. The van der Waals surface area contributed by atoms with Gasteiger partial charge in [0.25, 0.3) is 0 Å². The first-order chi connectivity index (χ1) is 13.1. The van der Waals surface area contributed by atoms with Crippen LogP contribution >= 0.6 is 0 Å². The van der Waals surface area contributed by atoms with Crippen molar-refractivity contribution in [2.24, 2.45) is 0 Å². The van der Waals surface area contributed by atoms with Crippen LogP contribution in [0.4, 0.5) is 16.2 Å². The zero-order valence-corrected chi connectivity index (χ0v) is 14.4. The van der Waals surface area contributed by atoms with Gasteiger partial charge in [0.15, 0.2) is 0 Å². The van der Waals surface area contributed by atoms with Crippen LogP contribution in [0.3, 0.4) is 0 Å². The number of amides is 3. The lowest BCUT2D eigenvalue weighted by Crippen LogP contribution is -2.37. The van der Waals surface area contributed by atoms with Gasteiger partial charge in [0.05, 0.1) is 0 Å². The summed E-state index contributed by atoms with van der Waals surface area (Å²) in [5.74, 6) is -0.444. The lowest BCUT2D eigenvalue weighted by molar-refractivity contribution is -0.116. The highest BCUT2D eigenvalue weighted by atomic mass is 16.4. The third kappa shape index (κ3) is 3.39. The second-order valence-corrected chi connectivity index (χ2v) is 6.22. The number of carbonyl (C=O) groups excluding carboxylic acids is 2. The number of nitrogens with zero attached hydrogens (tertiary/aromatic N) is 2. The molecule has 0 bridgehead atoms. The van der Waals surface area contributed by atoms with Crippen LogP contribution in [0.25, 0.3) is 11.0 Å². The average molecular weight is 363 g/mol. The van der Waals surface area contributed by atoms with Gasteiger partial charge in [-0.2, -0.15) is 0 Å². The molecule has 0 unspecified atom stereocenters. The number of carbonyl (C=O) groups is 2. The number of para-hydroxylation sites is 2. The summed E-state index contributed by atoms with van der Waals surface area (Å²) in [6, 6.07) is 17.7. The summed E-state index contributed by atoms with van der Waals surface area (Å²) in [4.78, 5) is 40.0. The molecular formula is C20H17N3O4. The summed E-state index contributed by atoms with van der Waals surface area (Å²) in [6.45, 7) is 0.816. The Balaban J connectivity index is 1.45. The minimum atomic E-state index is -0.624. The first-order valence-electron chi connectivity index (χ1n) is 8.56. The van der Waals surface area contributed by atoms with E-state index in [2.05, 4.69) is 5.32 Å².